The van der Waals surface area contributed by atoms with Gasteiger partial charge < -0.3 is 13.9 Å². The highest BCUT2D eigenvalue weighted by atomic mass is 16.5. The Bertz CT molecular complexity index is 1250. The van der Waals surface area contributed by atoms with Gasteiger partial charge in [-0.25, -0.2) is 0 Å². The summed E-state index contributed by atoms with van der Waals surface area (Å²) in [5.74, 6) is 1.92. The van der Waals surface area contributed by atoms with Gasteiger partial charge in [-0.05, 0) is 35.4 Å². The van der Waals surface area contributed by atoms with Gasteiger partial charge in [0.05, 0.1) is 25.2 Å². The van der Waals surface area contributed by atoms with E-state index in [4.69, 9.17) is 13.9 Å². The third-order valence-electron chi connectivity index (χ3n) is 5.39. The van der Waals surface area contributed by atoms with Gasteiger partial charge >= 0.3 is 0 Å². The minimum Gasteiger partial charge on any atom is -0.497 e. The zero-order chi connectivity index (χ0) is 19.3. The molecule has 0 saturated heterocycles. The quantitative estimate of drug-likeness (QED) is 0.450. The van der Waals surface area contributed by atoms with Gasteiger partial charge in [-0.2, -0.15) is 0 Å². The second kappa shape index (κ2) is 6.27. The van der Waals surface area contributed by atoms with Gasteiger partial charge in [0.15, 0.2) is 5.43 Å². The third kappa shape index (κ3) is 2.34. The SMILES string of the molecule is COc1ccc(C2c3ccccc3-c3oc4cc(OC)ccc4c(=O)c32)cc1. The predicted molar refractivity (Wildman–Crippen MR) is 108 cm³/mol. The lowest BCUT2D eigenvalue weighted by molar-refractivity contribution is 0.414. The molecular formula is C24H18O4. The number of hydrogen-bond donors (Lipinski definition) is 0. The lowest BCUT2D eigenvalue weighted by Gasteiger charge is -2.14. The molecule has 1 aliphatic rings. The average molecular weight is 370 g/mol. The number of fused-ring (bicyclic) bond motifs is 4. The van der Waals surface area contributed by atoms with Crippen LogP contribution in [-0.4, -0.2) is 14.2 Å². The minimum atomic E-state index is -0.167. The highest BCUT2D eigenvalue weighted by Crippen LogP contribution is 2.47. The van der Waals surface area contributed by atoms with E-state index in [9.17, 15) is 4.79 Å². The molecular weight excluding hydrogens is 352 g/mol. The van der Waals surface area contributed by atoms with E-state index in [1.165, 1.54) is 0 Å². The van der Waals surface area contributed by atoms with Crippen LogP contribution in [0.5, 0.6) is 11.5 Å². The zero-order valence-electron chi connectivity index (χ0n) is 15.6. The zero-order valence-corrected chi connectivity index (χ0v) is 15.6. The maximum absolute atomic E-state index is 13.5. The molecule has 0 bridgehead atoms. The summed E-state index contributed by atoms with van der Waals surface area (Å²) >= 11 is 0. The van der Waals surface area contributed by atoms with Crippen molar-refractivity contribution in [2.24, 2.45) is 0 Å². The minimum absolute atomic E-state index is 0.00378. The summed E-state index contributed by atoms with van der Waals surface area (Å²) in [4.78, 5) is 13.5. The molecule has 0 saturated carbocycles. The van der Waals surface area contributed by atoms with E-state index in [-0.39, 0.29) is 11.3 Å². The lowest BCUT2D eigenvalue weighted by atomic mass is 9.89. The average Bonchev–Trinajstić information content (AvgIpc) is 3.08. The number of benzene rings is 3. The van der Waals surface area contributed by atoms with Crippen LogP contribution in [0.25, 0.3) is 22.3 Å². The summed E-state index contributed by atoms with van der Waals surface area (Å²) in [5, 5.41) is 0.561. The molecule has 0 amide bonds. The van der Waals surface area contributed by atoms with Gasteiger partial charge in [-0.3, -0.25) is 4.79 Å². The summed E-state index contributed by atoms with van der Waals surface area (Å²) < 4.78 is 16.8. The second-order valence-corrected chi connectivity index (χ2v) is 6.83. The molecule has 0 N–H and O–H groups in total. The fourth-order valence-corrected chi connectivity index (χ4v) is 4.03. The first kappa shape index (κ1) is 16.6. The van der Waals surface area contributed by atoms with Crippen molar-refractivity contribution in [1.29, 1.82) is 0 Å². The number of rotatable bonds is 3. The molecule has 4 nitrogen and oxygen atoms in total. The first-order valence-electron chi connectivity index (χ1n) is 9.09. The summed E-state index contributed by atoms with van der Waals surface area (Å²) in [5.41, 5.74) is 4.28. The van der Waals surface area contributed by atoms with Crippen LogP contribution < -0.4 is 14.9 Å². The van der Waals surface area contributed by atoms with E-state index in [1.807, 2.05) is 42.5 Å². The Balaban J connectivity index is 1.81. The van der Waals surface area contributed by atoms with Gasteiger partial charge in [0.1, 0.15) is 22.8 Å². The van der Waals surface area contributed by atoms with Crippen molar-refractivity contribution >= 4 is 11.0 Å². The summed E-state index contributed by atoms with van der Waals surface area (Å²) in [6.07, 6.45) is 0. The molecule has 1 aliphatic carbocycles. The van der Waals surface area contributed by atoms with Gasteiger partial charge in [-0.1, -0.05) is 36.4 Å². The predicted octanol–water partition coefficient (Wildman–Crippen LogP) is 4.97. The lowest BCUT2D eigenvalue weighted by Crippen LogP contribution is -2.13. The first-order chi connectivity index (χ1) is 13.7. The molecule has 0 spiro atoms. The van der Waals surface area contributed by atoms with Gasteiger partial charge in [0.2, 0.25) is 0 Å². The summed E-state index contributed by atoms with van der Waals surface area (Å²) in [6, 6.07) is 21.2. The van der Waals surface area contributed by atoms with Crippen LogP contribution >= 0.6 is 0 Å². The van der Waals surface area contributed by atoms with Crippen molar-refractivity contribution in [1.82, 2.24) is 0 Å². The van der Waals surface area contributed by atoms with Crippen molar-refractivity contribution in [3.05, 3.63) is 93.6 Å². The molecule has 138 valence electrons. The Morgan fingerprint density at radius 1 is 0.857 bits per heavy atom. The Kier molecular flexibility index (Phi) is 3.72. The molecule has 1 aromatic heterocycles. The van der Waals surface area contributed by atoms with Crippen LogP contribution in [0.2, 0.25) is 0 Å². The van der Waals surface area contributed by atoms with Crippen molar-refractivity contribution in [3.63, 3.8) is 0 Å². The highest BCUT2D eigenvalue weighted by Gasteiger charge is 2.35. The smallest absolute Gasteiger partial charge is 0.197 e. The maximum atomic E-state index is 13.5. The Morgan fingerprint density at radius 3 is 2.32 bits per heavy atom. The molecule has 0 aliphatic heterocycles. The second-order valence-electron chi connectivity index (χ2n) is 6.83. The van der Waals surface area contributed by atoms with Gasteiger partial charge in [0, 0.05) is 17.5 Å². The molecule has 1 unspecified atom stereocenters. The Morgan fingerprint density at radius 2 is 1.57 bits per heavy atom. The summed E-state index contributed by atoms with van der Waals surface area (Å²) in [7, 11) is 3.24. The van der Waals surface area contributed by atoms with E-state index in [1.54, 1.807) is 32.4 Å². The molecule has 28 heavy (non-hydrogen) atoms. The van der Waals surface area contributed by atoms with Crippen LogP contribution in [0.15, 0.2) is 75.9 Å². The van der Waals surface area contributed by atoms with Gasteiger partial charge in [-0.15, -0.1) is 0 Å². The molecule has 4 aromatic rings. The number of hydrogen-bond acceptors (Lipinski definition) is 4. The summed E-state index contributed by atoms with van der Waals surface area (Å²) in [6.45, 7) is 0. The van der Waals surface area contributed by atoms with E-state index in [0.29, 0.717) is 28.0 Å². The van der Waals surface area contributed by atoms with E-state index in [0.717, 1.165) is 22.4 Å². The van der Waals surface area contributed by atoms with E-state index >= 15 is 0 Å². The van der Waals surface area contributed by atoms with E-state index < -0.39 is 0 Å². The molecule has 0 fully saturated rings. The van der Waals surface area contributed by atoms with Gasteiger partial charge in [0.25, 0.3) is 0 Å². The fraction of sp³-hybridized carbons (Fsp3) is 0.125. The molecule has 4 heteroatoms. The largest absolute Gasteiger partial charge is 0.497 e. The third-order valence-corrected chi connectivity index (χ3v) is 5.39. The van der Waals surface area contributed by atoms with Crippen LogP contribution in [0.1, 0.15) is 22.6 Å². The van der Waals surface area contributed by atoms with Crippen LogP contribution in [-0.2, 0) is 0 Å². The van der Waals surface area contributed by atoms with Crippen LogP contribution in [0, 0.1) is 0 Å². The van der Waals surface area contributed by atoms with Crippen molar-refractivity contribution in [2.75, 3.05) is 14.2 Å². The van der Waals surface area contributed by atoms with Crippen molar-refractivity contribution in [3.8, 4) is 22.8 Å². The highest BCUT2D eigenvalue weighted by molar-refractivity contribution is 5.86. The standard InChI is InChI=1S/C24H18O4/c1-26-15-9-7-14(8-10-15)21-17-5-3-4-6-18(17)24-22(21)23(25)19-12-11-16(27-2)13-20(19)28-24/h3-13,21H,1-2H3. The Labute approximate surface area is 162 Å². The fourth-order valence-electron chi connectivity index (χ4n) is 4.03. The topological polar surface area (TPSA) is 48.7 Å². The van der Waals surface area contributed by atoms with E-state index in [2.05, 4.69) is 6.07 Å². The normalized spacial score (nSPS) is 14.6. The first-order valence-corrected chi connectivity index (χ1v) is 9.09. The van der Waals surface area contributed by atoms with Crippen LogP contribution in [0.3, 0.4) is 0 Å². The molecule has 1 atom stereocenters. The Hall–Kier alpha value is -3.53. The van der Waals surface area contributed by atoms with Crippen LogP contribution in [0.4, 0.5) is 0 Å². The monoisotopic (exact) mass is 370 g/mol. The number of ether oxygens (including phenoxy) is 2. The molecule has 1 heterocycles. The number of methoxy groups -OCH3 is 2. The molecule has 5 rings (SSSR count). The maximum Gasteiger partial charge on any atom is 0.197 e. The molecule has 3 aromatic carbocycles. The van der Waals surface area contributed by atoms with Crippen molar-refractivity contribution < 1.29 is 13.9 Å². The van der Waals surface area contributed by atoms with Crippen molar-refractivity contribution in [2.45, 2.75) is 5.92 Å². The molecule has 0 radical (unpaired) electrons.